The van der Waals surface area contributed by atoms with Crippen molar-refractivity contribution in [1.29, 1.82) is 0 Å². The Morgan fingerprint density at radius 1 is 1.41 bits per heavy atom. The number of nitrogens with zero attached hydrogens (tertiary/aromatic N) is 1. The average Bonchev–Trinajstić information content (AvgIpc) is 2.33. The van der Waals surface area contributed by atoms with E-state index in [1.807, 2.05) is 13.8 Å². The molecule has 0 aromatic heterocycles. The van der Waals surface area contributed by atoms with Crippen LogP contribution in [0, 0.1) is 6.92 Å². The van der Waals surface area contributed by atoms with Crippen molar-refractivity contribution in [2.75, 3.05) is 19.7 Å². The molecule has 0 unspecified atom stereocenters. The Morgan fingerprint density at radius 3 is 2.71 bits per heavy atom. The quantitative estimate of drug-likeness (QED) is 0.816. The third-order valence-corrected chi connectivity index (χ3v) is 2.64. The van der Waals surface area contributed by atoms with Crippen molar-refractivity contribution >= 4 is 5.91 Å². The predicted octanol–water partition coefficient (Wildman–Crippen LogP) is 1.55. The number of aromatic hydroxyl groups is 1. The zero-order valence-electron chi connectivity index (χ0n) is 10.3. The lowest BCUT2D eigenvalue weighted by Crippen LogP contribution is -2.32. The van der Waals surface area contributed by atoms with Gasteiger partial charge in [-0.2, -0.15) is 0 Å². The van der Waals surface area contributed by atoms with Gasteiger partial charge < -0.3 is 15.1 Å². The SMILES string of the molecule is CCN(CCCO)C(=O)c1cc(C)ccc1O. The van der Waals surface area contributed by atoms with E-state index < -0.39 is 0 Å². The van der Waals surface area contributed by atoms with Gasteiger partial charge in [-0.3, -0.25) is 4.79 Å². The fourth-order valence-electron chi connectivity index (χ4n) is 1.66. The number of rotatable bonds is 5. The lowest BCUT2D eigenvalue weighted by Gasteiger charge is -2.21. The molecular weight excluding hydrogens is 218 g/mol. The predicted molar refractivity (Wildman–Crippen MR) is 66.1 cm³/mol. The first-order chi connectivity index (χ1) is 8.10. The van der Waals surface area contributed by atoms with Crippen molar-refractivity contribution in [2.45, 2.75) is 20.3 Å². The fourth-order valence-corrected chi connectivity index (χ4v) is 1.66. The van der Waals surface area contributed by atoms with Crippen LogP contribution in [0.15, 0.2) is 18.2 Å². The number of amides is 1. The molecule has 1 aromatic rings. The maximum Gasteiger partial charge on any atom is 0.257 e. The molecule has 0 spiro atoms. The molecule has 4 heteroatoms. The monoisotopic (exact) mass is 237 g/mol. The highest BCUT2D eigenvalue weighted by Gasteiger charge is 2.17. The van der Waals surface area contributed by atoms with E-state index in [9.17, 15) is 9.90 Å². The van der Waals surface area contributed by atoms with Gasteiger partial charge in [-0.15, -0.1) is 0 Å². The number of benzene rings is 1. The van der Waals surface area contributed by atoms with E-state index in [2.05, 4.69) is 0 Å². The van der Waals surface area contributed by atoms with Gasteiger partial charge in [0, 0.05) is 19.7 Å². The van der Waals surface area contributed by atoms with Crippen LogP contribution in [0.4, 0.5) is 0 Å². The summed E-state index contributed by atoms with van der Waals surface area (Å²) in [5.41, 5.74) is 1.26. The first kappa shape index (κ1) is 13.5. The molecule has 0 heterocycles. The number of hydrogen-bond donors (Lipinski definition) is 2. The standard InChI is InChI=1S/C13H19NO3/c1-3-14(7-4-8-15)13(17)11-9-10(2)5-6-12(11)16/h5-6,9,15-16H,3-4,7-8H2,1-2H3. The molecule has 0 aliphatic heterocycles. The van der Waals surface area contributed by atoms with E-state index in [0.29, 0.717) is 25.1 Å². The molecule has 0 fully saturated rings. The van der Waals surface area contributed by atoms with Crippen molar-refractivity contribution in [1.82, 2.24) is 4.90 Å². The van der Waals surface area contributed by atoms with Crippen LogP contribution in [0.3, 0.4) is 0 Å². The number of aryl methyl sites for hydroxylation is 1. The van der Waals surface area contributed by atoms with Crippen molar-refractivity contribution in [3.05, 3.63) is 29.3 Å². The van der Waals surface area contributed by atoms with Crippen molar-refractivity contribution in [3.63, 3.8) is 0 Å². The number of hydrogen-bond acceptors (Lipinski definition) is 3. The summed E-state index contributed by atoms with van der Waals surface area (Å²) in [7, 11) is 0. The maximum absolute atomic E-state index is 12.1. The van der Waals surface area contributed by atoms with Crippen LogP contribution in [0.5, 0.6) is 5.75 Å². The van der Waals surface area contributed by atoms with E-state index in [1.54, 1.807) is 17.0 Å². The zero-order chi connectivity index (χ0) is 12.8. The number of phenolic OH excluding ortho intramolecular Hbond substituents is 1. The second-order valence-corrected chi connectivity index (χ2v) is 3.98. The zero-order valence-corrected chi connectivity index (χ0v) is 10.3. The Kier molecular flexibility index (Phi) is 4.97. The Morgan fingerprint density at radius 2 is 2.12 bits per heavy atom. The van der Waals surface area contributed by atoms with E-state index in [-0.39, 0.29) is 18.3 Å². The molecular formula is C13H19NO3. The second kappa shape index (κ2) is 6.25. The van der Waals surface area contributed by atoms with Crippen LogP contribution in [-0.4, -0.2) is 40.7 Å². The van der Waals surface area contributed by atoms with E-state index in [0.717, 1.165) is 5.56 Å². The van der Waals surface area contributed by atoms with E-state index >= 15 is 0 Å². The molecule has 4 nitrogen and oxygen atoms in total. The molecule has 0 radical (unpaired) electrons. The lowest BCUT2D eigenvalue weighted by atomic mass is 10.1. The van der Waals surface area contributed by atoms with Crippen LogP contribution < -0.4 is 0 Å². The summed E-state index contributed by atoms with van der Waals surface area (Å²) in [6.45, 7) is 4.87. The van der Waals surface area contributed by atoms with Gasteiger partial charge in [-0.05, 0) is 32.4 Å². The van der Waals surface area contributed by atoms with Crippen molar-refractivity contribution in [2.24, 2.45) is 0 Å². The Balaban J connectivity index is 2.89. The van der Waals surface area contributed by atoms with Gasteiger partial charge in [0.05, 0.1) is 5.56 Å². The topological polar surface area (TPSA) is 60.8 Å². The van der Waals surface area contributed by atoms with Crippen LogP contribution in [0.25, 0.3) is 0 Å². The molecule has 0 bridgehead atoms. The van der Waals surface area contributed by atoms with Crippen LogP contribution in [-0.2, 0) is 0 Å². The number of aliphatic hydroxyl groups excluding tert-OH is 1. The minimum absolute atomic E-state index is 0.00282. The highest BCUT2D eigenvalue weighted by Crippen LogP contribution is 2.20. The summed E-state index contributed by atoms with van der Waals surface area (Å²) in [6.07, 6.45) is 0.548. The molecule has 1 amide bonds. The minimum Gasteiger partial charge on any atom is -0.507 e. The van der Waals surface area contributed by atoms with E-state index in [1.165, 1.54) is 6.07 Å². The highest BCUT2D eigenvalue weighted by atomic mass is 16.3. The van der Waals surface area contributed by atoms with Gasteiger partial charge in [0.1, 0.15) is 5.75 Å². The van der Waals surface area contributed by atoms with Gasteiger partial charge in [-0.25, -0.2) is 0 Å². The molecule has 1 aromatic carbocycles. The average molecular weight is 237 g/mol. The van der Waals surface area contributed by atoms with Gasteiger partial charge >= 0.3 is 0 Å². The fraction of sp³-hybridized carbons (Fsp3) is 0.462. The van der Waals surface area contributed by atoms with Crippen LogP contribution >= 0.6 is 0 Å². The largest absolute Gasteiger partial charge is 0.507 e. The number of aliphatic hydroxyl groups is 1. The second-order valence-electron chi connectivity index (χ2n) is 3.98. The third kappa shape index (κ3) is 3.46. The third-order valence-electron chi connectivity index (χ3n) is 2.64. The summed E-state index contributed by atoms with van der Waals surface area (Å²) in [6, 6.07) is 4.97. The van der Waals surface area contributed by atoms with Gasteiger partial charge in [0.2, 0.25) is 0 Å². The van der Waals surface area contributed by atoms with Gasteiger partial charge in [0.25, 0.3) is 5.91 Å². The molecule has 0 saturated heterocycles. The molecule has 2 N–H and O–H groups in total. The number of carbonyl (C=O) groups is 1. The number of carbonyl (C=O) groups excluding carboxylic acids is 1. The van der Waals surface area contributed by atoms with Crippen LogP contribution in [0.2, 0.25) is 0 Å². The summed E-state index contributed by atoms with van der Waals surface area (Å²) in [4.78, 5) is 13.8. The summed E-state index contributed by atoms with van der Waals surface area (Å²) in [5.74, 6) is -0.190. The van der Waals surface area contributed by atoms with Crippen molar-refractivity contribution in [3.8, 4) is 5.75 Å². The summed E-state index contributed by atoms with van der Waals surface area (Å²) < 4.78 is 0. The molecule has 0 saturated carbocycles. The van der Waals surface area contributed by atoms with Gasteiger partial charge in [0.15, 0.2) is 0 Å². The first-order valence-corrected chi connectivity index (χ1v) is 5.80. The molecule has 0 aliphatic carbocycles. The van der Waals surface area contributed by atoms with E-state index in [4.69, 9.17) is 5.11 Å². The Bertz CT molecular complexity index is 390. The normalized spacial score (nSPS) is 10.3. The smallest absolute Gasteiger partial charge is 0.257 e. The summed E-state index contributed by atoms with van der Waals surface area (Å²) in [5, 5.41) is 18.5. The molecule has 1 rings (SSSR count). The lowest BCUT2D eigenvalue weighted by molar-refractivity contribution is 0.0751. The van der Waals surface area contributed by atoms with Crippen LogP contribution in [0.1, 0.15) is 29.3 Å². The maximum atomic E-state index is 12.1. The molecule has 0 atom stereocenters. The molecule has 0 aliphatic rings. The number of phenols is 1. The summed E-state index contributed by atoms with van der Waals surface area (Å²) >= 11 is 0. The molecule has 17 heavy (non-hydrogen) atoms. The highest BCUT2D eigenvalue weighted by molar-refractivity contribution is 5.97. The van der Waals surface area contributed by atoms with Crippen molar-refractivity contribution < 1.29 is 15.0 Å². The minimum atomic E-state index is -0.192. The Hall–Kier alpha value is -1.55. The Labute approximate surface area is 101 Å². The first-order valence-electron chi connectivity index (χ1n) is 5.80. The van der Waals surface area contributed by atoms with Gasteiger partial charge in [-0.1, -0.05) is 11.6 Å². The molecule has 94 valence electrons.